The minimum atomic E-state index is -2.66. The zero-order chi connectivity index (χ0) is 25.4. The van der Waals surface area contributed by atoms with E-state index in [-0.39, 0.29) is 24.5 Å². The lowest BCUT2D eigenvalue weighted by molar-refractivity contribution is -0.138. The smallest absolute Gasteiger partial charge is 0.305 e. The molecule has 9 heteroatoms. The van der Waals surface area contributed by atoms with Gasteiger partial charge in [-0.1, -0.05) is 56.0 Å². The molecule has 0 amide bonds. The van der Waals surface area contributed by atoms with E-state index in [0.29, 0.717) is 28.3 Å². The average molecular weight is 496 g/mol. The van der Waals surface area contributed by atoms with E-state index in [9.17, 15) is 18.9 Å². The van der Waals surface area contributed by atoms with Crippen LogP contribution in [0.1, 0.15) is 37.4 Å². The van der Waals surface area contributed by atoms with Gasteiger partial charge in [-0.25, -0.2) is 14.4 Å². The van der Waals surface area contributed by atoms with Crippen LogP contribution in [-0.2, 0) is 13.9 Å². The van der Waals surface area contributed by atoms with Gasteiger partial charge in [0.25, 0.3) is 0 Å². The molecular weight excluding hydrogens is 470 g/mol. The third-order valence-corrected chi connectivity index (χ3v) is 6.24. The molecule has 1 unspecified atom stereocenters. The van der Waals surface area contributed by atoms with E-state index in [1.807, 2.05) is 44.2 Å². The fourth-order valence-corrected chi connectivity index (χ4v) is 4.20. The van der Waals surface area contributed by atoms with E-state index in [4.69, 9.17) is 19.6 Å². The molecule has 1 aromatic heterocycles. The summed E-state index contributed by atoms with van der Waals surface area (Å²) in [5.41, 5.74) is 3.30. The monoisotopic (exact) mass is 496 g/mol. The van der Waals surface area contributed by atoms with Gasteiger partial charge in [-0.2, -0.15) is 0 Å². The lowest BCUT2D eigenvalue weighted by atomic mass is 9.98. The molecule has 2 aromatic carbocycles. The normalized spacial score (nSPS) is 12.6. The van der Waals surface area contributed by atoms with Crippen LogP contribution in [0.5, 0.6) is 0 Å². The third kappa shape index (κ3) is 7.56. The Morgan fingerprint density at radius 1 is 1.09 bits per heavy atom. The number of hydrogen-bond acceptors (Lipinski definition) is 6. The van der Waals surface area contributed by atoms with E-state index in [1.165, 1.54) is 12.1 Å². The highest BCUT2D eigenvalue weighted by Gasteiger charge is 2.18. The predicted octanol–water partition coefficient (Wildman–Crippen LogP) is 4.75. The maximum absolute atomic E-state index is 13.6. The van der Waals surface area contributed by atoms with Crippen molar-refractivity contribution in [2.75, 3.05) is 12.8 Å². The summed E-state index contributed by atoms with van der Waals surface area (Å²) in [5.74, 6) is 4.81. The molecule has 0 saturated carbocycles. The lowest BCUT2D eigenvalue weighted by Crippen LogP contribution is -2.15. The Kier molecular flexibility index (Phi) is 9.27. The van der Waals surface area contributed by atoms with Gasteiger partial charge in [0.15, 0.2) is 13.9 Å². The Bertz CT molecular complexity index is 1250. The first-order valence-corrected chi connectivity index (χ1v) is 12.5. The maximum atomic E-state index is 13.6. The van der Waals surface area contributed by atoms with Crippen LogP contribution in [0.2, 0.25) is 0 Å². The van der Waals surface area contributed by atoms with E-state index in [0.717, 1.165) is 5.56 Å². The minimum absolute atomic E-state index is 0.00447. The maximum Gasteiger partial charge on any atom is 0.305 e. The van der Waals surface area contributed by atoms with Gasteiger partial charge >= 0.3 is 5.97 Å². The molecule has 2 atom stereocenters. The molecule has 35 heavy (non-hydrogen) atoms. The van der Waals surface area contributed by atoms with Gasteiger partial charge in [-0.05, 0) is 30.2 Å². The molecule has 0 aliphatic heterocycles. The molecule has 1 heterocycles. The molecule has 0 aliphatic carbocycles. The van der Waals surface area contributed by atoms with Gasteiger partial charge in [0, 0.05) is 17.3 Å². The van der Waals surface area contributed by atoms with Crippen molar-refractivity contribution in [1.82, 2.24) is 9.97 Å². The summed E-state index contributed by atoms with van der Waals surface area (Å²) in [6.45, 7) is 3.78. The molecule has 2 N–H and O–H groups in total. The molecule has 0 saturated heterocycles. The number of benzene rings is 2. The first-order chi connectivity index (χ1) is 16.7. The quantitative estimate of drug-likeness (QED) is 0.325. The fraction of sp³-hybridized carbons (Fsp3) is 0.269. The van der Waals surface area contributed by atoms with Crippen LogP contribution in [0, 0.1) is 17.7 Å². The van der Waals surface area contributed by atoms with Crippen LogP contribution in [0.3, 0.4) is 0 Å². The number of halogens is 1. The van der Waals surface area contributed by atoms with Crippen molar-refractivity contribution in [1.29, 1.82) is 0 Å². The average Bonchev–Trinajstić information content (AvgIpc) is 2.82. The standard InChI is InChI=1S/C26H26FN2O5P/c1-17(2)24-22(9-6-14-34-35(33)16-21(30)15-23(31)32)25(18-10-12-20(27)13-11-18)29-26(28-24)19-7-4-3-5-8-19/h3-5,7-8,10-13,17,21,30,35H,14-16H2,1-2H3,(H,31,32)/t21-/m0/s1. The first-order valence-electron chi connectivity index (χ1n) is 11.0. The Morgan fingerprint density at radius 3 is 2.40 bits per heavy atom. The van der Waals surface area contributed by atoms with E-state index >= 15 is 0 Å². The van der Waals surface area contributed by atoms with Crippen LogP contribution in [0.4, 0.5) is 4.39 Å². The number of aliphatic hydroxyl groups excluding tert-OH is 1. The summed E-state index contributed by atoms with van der Waals surface area (Å²) in [4.78, 5) is 20.1. The van der Waals surface area contributed by atoms with Crippen molar-refractivity contribution in [3.8, 4) is 34.5 Å². The largest absolute Gasteiger partial charge is 0.481 e. The second kappa shape index (κ2) is 12.4. The number of aromatic nitrogens is 2. The second-order valence-corrected chi connectivity index (χ2v) is 9.54. The number of rotatable bonds is 9. The summed E-state index contributed by atoms with van der Waals surface area (Å²) in [7, 11) is -2.66. The van der Waals surface area contributed by atoms with Crippen LogP contribution >= 0.6 is 8.03 Å². The van der Waals surface area contributed by atoms with Gasteiger partial charge in [-0.3, -0.25) is 9.36 Å². The molecule has 0 aliphatic rings. The van der Waals surface area contributed by atoms with Gasteiger partial charge < -0.3 is 14.7 Å². The topological polar surface area (TPSA) is 110 Å². The van der Waals surface area contributed by atoms with Crippen molar-refractivity contribution in [3.05, 3.63) is 71.7 Å². The number of carboxylic acid groups (broad SMARTS) is 1. The number of aliphatic carboxylic acids is 1. The molecule has 7 nitrogen and oxygen atoms in total. The molecule has 0 fully saturated rings. The van der Waals surface area contributed by atoms with Crippen LogP contribution in [-0.4, -0.2) is 45.0 Å². The van der Waals surface area contributed by atoms with Crippen molar-refractivity contribution >= 4 is 14.0 Å². The Hall–Kier alpha value is -3.37. The third-order valence-electron chi connectivity index (χ3n) is 4.96. The summed E-state index contributed by atoms with van der Waals surface area (Å²) in [6.07, 6.45) is -2.01. The Labute approximate surface area is 203 Å². The van der Waals surface area contributed by atoms with E-state index in [1.54, 1.807) is 12.1 Å². The van der Waals surface area contributed by atoms with E-state index < -0.39 is 26.5 Å². The van der Waals surface area contributed by atoms with E-state index in [2.05, 4.69) is 11.8 Å². The fourth-order valence-electron chi connectivity index (χ4n) is 3.32. The van der Waals surface area contributed by atoms with Gasteiger partial charge in [-0.15, -0.1) is 0 Å². The predicted molar refractivity (Wildman–Crippen MR) is 132 cm³/mol. The summed E-state index contributed by atoms with van der Waals surface area (Å²) < 4.78 is 30.8. The Morgan fingerprint density at radius 2 is 1.77 bits per heavy atom. The highest BCUT2D eigenvalue weighted by atomic mass is 31.1. The van der Waals surface area contributed by atoms with Gasteiger partial charge in [0.2, 0.25) is 0 Å². The van der Waals surface area contributed by atoms with Gasteiger partial charge in [0.05, 0.1) is 29.5 Å². The zero-order valence-electron chi connectivity index (χ0n) is 19.4. The van der Waals surface area contributed by atoms with Crippen molar-refractivity contribution < 1.29 is 28.5 Å². The zero-order valence-corrected chi connectivity index (χ0v) is 20.4. The summed E-state index contributed by atoms with van der Waals surface area (Å²) in [5, 5.41) is 18.3. The van der Waals surface area contributed by atoms with Crippen molar-refractivity contribution in [2.24, 2.45) is 0 Å². The number of carbonyl (C=O) groups is 1. The molecule has 0 bridgehead atoms. The summed E-state index contributed by atoms with van der Waals surface area (Å²) in [6, 6.07) is 15.5. The van der Waals surface area contributed by atoms with Gasteiger partial charge in [0.1, 0.15) is 12.4 Å². The molecular formula is C26H26FN2O5P. The SMILES string of the molecule is CC(C)c1nc(-c2ccccc2)nc(-c2ccc(F)cc2)c1C#CCO[PH](=O)C[C@@H](O)CC(=O)O. The molecule has 0 spiro atoms. The minimum Gasteiger partial charge on any atom is -0.481 e. The second-order valence-electron chi connectivity index (χ2n) is 8.10. The van der Waals surface area contributed by atoms with Crippen LogP contribution in [0.15, 0.2) is 54.6 Å². The first kappa shape index (κ1) is 26.2. The lowest BCUT2D eigenvalue weighted by Gasteiger charge is -2.15. The van der Waals surface area contributed by atoms with Crippen LogP contribution < -0.4 is 0 Å². The summed E-state index contributed by atoms with van der Waals surface area (Å²) >= 11 is 0. The molecule has 0 radical (unpaired) electrons. The molecule has 3 aromatic rings. The number of nitrogens with zero attached hydrogens (tertiary/aromatic N) is 2. The van der Waals surface area contributed by atoms with Crippen molar-refractivity contribution in [2.45, 2.75) is 32.3 Å². The van der Waals surface area contributed by atoms with Crippen LogP contribution in [0.25, 0.3) is 22.6 Å². The molecule has 182 valence electrons. The Balaban J connectivity index is 1.95. The van der Waals surface area contributed by atoms with Crippen molar-refractivity contribution in [3.63, 3.8) is 0 Å². The molecule has 3 rings (SSSR count). The number of aliphatic hydroxyl groups is 1. The number of hydrogen-bond donors (Lipinski definition) is 2. The highest BCUT2D eigenvalue weighted by Crippen LogP contribution is 2.30. The number of carboxylic acids is 1. The highest BCUT2D eigenvalue weighted by molar-refractivity contribution is 7.39.